The third-order valence-electron chi connectivity index (χ3n) is 6.57. The maximum absolute atomic E-state index is 13.2. The van der Waals surface area contributed by atoms with Crippen molar-refractivity contribution in [3.8, 4) is 0 Å². The van der Waals surface area contributed by atoms with Crippen LogP contribution < -0.4 is 0 Å². The second kappa shape index (κ2) is 9.08. The average Bonchev–Trinajstić information content (AvgIpc) is 3.29. The van der Waals surface area contributed by atoms with Crippen molar-refractivity contribution in [2.45, 2.75) is 19.1 Å². The highest BCUT2D eigenvalue weighted by molar-refractivity contribution is 5.78. The molecule has 1 aromatic heterocycles. The molecule has 1 atom stereocenters. The van der Waals surface area contributed by atoms with E-state index >= 15 is 0 Å². The number of hydrogen-bond donors (Lipinski definition) is 0. The largest absolute Gasteiger partial charge is 0.348 e. The molecule has 3 aromatic rings. The molecule has 0 aliphatic carbocycles. The third kappa shape index (κ3) is 4.43. The van der Waals surface area contributed by atoms with Gasteiger partial charge in [-0.25, -0.2) is 0 Å². The van der Waals surface area contributed by atoms with E-state index < -0.39 is 0 Å². The summed E-state index contributed by atoms with van der Waals surface area (Å²) in [6.45, 7) is 6.76. The summed E-state index contributed by atoms with van der Waals surface area (Å²) in [5, 5.41) is 0. The molecule has 5 heteroatoms. The quantitative estimate of drug-likeness (QED) is 0.642. The highest BCUT2D eigenvalue weighted by Crippen LogP contribution is 2.32. The number of fused-ring (bicyclic) bond motifs is 1. The zero-order chi connectivity index (χ0) is 21.0. The summed E-state index contributed by atoms with van der Waals surface area (Å²) in [5.41, 5.74) is 3.87. The van der Waals surface area contributed by atoms with Crippen molar-refractivity contribution in [3.63, 3.8) is 0 Å². The second-order valence-corrected chi connectivity index (χ2v) is 8.55. The number of rotatable bonds is 5. The lowest BCUT2D eigenvalue weighted by atomic mass is 10.00. The molecule has 2 aromatic carbocycles. The van der Waals surface area contributed by atoms with Crippen molar-refractivity contribution in [1.82, 2.24) is 19.3 Å². The van der Waals surface area contributed by atoms with Crippen LogP contribution in [0.1, 0.15) is 22.9 Å². The second-order valence-electron chi connectivity index (χ2n) is 8.55. The molecule has 0 saturated carbocycles. The first kappa shape index (κ1) is 20.0. The maximum atomic E-state index is 13.2. The Hall–Kier alpha value is -2.89. The maximum Gasteiger partial charge on any atom is 0.236 e. The molecular weight excluding hydrogens is 384 g/mol. The SMILES string of the molecule is O=C(CN1CCn2cccc2C1c1ccccc1)N1CCN(Cc2ccccc2)CC1. The first-order chi connectivity index (χ1) is 15.3. The predicted octanol–water partition coefficient (Wildman–Crippen LogP) is 3.24. The number of carbonyl (C=O) groups is 1. The number of nitrogens with zero attached hydrogens (tertiary/aromatic N) is 4. The Morgan fingerprint density at radius 1 is 0.774 bits per heavy atom. The van der Waals surface area contributed by atoms with E-state index in [2.05, 4.69) is 98.3 Å². The summed E-state index contributed by atoms with van der Waals surface area (Å²) < 4.78 is 2.32. The molecular formula is C26H30N4O. The summed E-state index contributed by atoms with van der Waals surface area (Å²) >= 11 is 0. The average molecular weight is 415 g/mol. The Balaban J connectivity index is 1.23. The Morgan fingerprint density at radius 3 is 2.23 bits per heavy atom. The number of piperazine rings is 1. The number of aromatic nitrogens is 1. The highest BCUT2D eigenvalue weighted by atomic mass is 16.2. The van der Waals surface area contributed by atoms with Crippen LogP contribution in [0.4, 0.5) is 0 Å². The van der Waals surface area contributed by atoms with Crippen molar-refractivity contribution in [3.05, 3.63) is 95.8 Å². The molecule has 1 saturated heterocycles. The van der Waals surface area contributed by atoms with Crippen LogP contribution in [0.5, 0.6) is 0 Å². The van der Waals surface area contributed by atoms with Gasteiger partial charge in [0.25, 0.3) is 0 Å². The molecule has 3 heterocycles. The smallest absolute Gasteiger partial charge is 0.236 e. The minimum absolute atomic E-state index is 0.133. The van der Waals surface area contributed by atoms with Crippen LogP contribution in [0, 0.1) is 0 Å². The van der Waals surface area contributed by atoms with Gasteiger partial charge in [-0.05, 0) is 23.3 Å². The Morgan fingerprint density at radius 2 is 1.48 bits per heavy atom. The summed E-state index contributed by atoms with van der Waals surface area (Å²) in [7, 11) is 0. The Kier molecular flexibility index (Phi) is 5.87. The first-order valence-corrected chi connectivity index (χ1v) is 11.3. The molecule has 0 bridgehead atoms. The minimum Gasteiger partial charge on any atom is -0.348 e. The molecule has 1 fully saturated rings. The number of carbonyl (C=O) groups excluding carboxylic acids is 1. The number of benzene rings is 2. The van der Waals surface area contributed by atoms with Crippen molar-refractivity contribution >= 4 is 5.91 Å². The minimum atomic E-state index is 0.133. The van der Waals surface area contributed by atoms with Gasteiger partial charge in [0, 0.05) is 57.7 Å². The number of hydrogen-bond acceptors (Lipinski definition) is 3. The summed E-state index contributed by atoms with van der Waals surface area (Å²) in [6.07, 6.45) is 2.15. The van der Waals surface area contributed by atoms with Gasteiger partial charge >= 0.3 is 0 Å². The summed E-state index contributed by atoms with van der Waals surface area (Å²) in [5.74, 6) is 0.250. The van der Waals surface area contributed by atoms with Crippen LogP contribution in [0.3, 0.4) is 0 Å². The Labute approximate surface area is 184 Å². The van der Waals surface area contributed by atoms with Crippen molar-refractivity contribution in [2.24, 2.45) is 0 Å². The van der Waals surface area contributed by atoms with Gasteiger partial charge in [-0.2, -0.15) is 0 Å². The van der Waals surface area contributed by atoms with E-state index in [1.807, 2.05) is 0 Å². The normalized spacial score (nSPS) is 19.9. The van der Waals surface area contributed by atoms with Crippen LogP contribution in [-0.4, -0.2) is 64.4 Å². The van der Waals surface area contributed by atoms with E-state index in [4.69, 9.17) is 0 Å². The van der Waals surface area contributed by atoms with Crippen LogP contribution in [-0.2, 0) is 17.9 Å². The zero-order valence-corrected chi connectivity index (χ0v) is 17.9. The highest BCUT2D eigenvalue weighted by Gasteiger charge is 2.31. The molecule has 5 nitrogen and oxygen atoms in total. The molecule has 31 heavy (non-hydrogen) atoms. The fraction of sp³-hybridized carbons (Fsp3) is 0.346. The monoisotopic (exact) mass is 414 g/mol. The molecule has 2 aliphatic heterocycles. The van der Waals surface area contributed by atoms with Gasteiger partial charge in [-0.1, -0.05) is 60.7 Å². The predicted molar refractivity (Wildman–Crippen MR) is 123 cm³/mol. The van der Waals surface area contributed by atoms with Crippen LogP contribution in [0.25, 0.3) is 0 Å². The molecule has 0 spiro atoms. The van der Waals surface area contributed by atoms with Crippen molar-refractivity contribution in [2.75, 3.05) is 39.3 Å². The topological polar surface area (TPSA) is 31.7 Å². The molecule has 0 radical (unpaired) electrons. The molecule has 5 rings (SSSR count). The molecule has 1 unspecified atom stereocenters. The molecule has 0 N–H and O–H groups in total. The van der Waals surface area contributed by atoms with Crippen molar-refractivity contribution in [1.29, 1.82) is 0 Å². The van der Waals surface area contributed by atoms with E-state index in [0.717, 1.165) is 45.8 Å². The lowest BCUT2D eigenvalue weighted by Gasteiger charge is -2.39. The molecule has 2 aliphatic rings. The van der Waals surface area contributed by atoms with Gasteiger partial charge in [0.15, 0.2) is 0 Å². The lowest BCUT2D eigenvalue weighted by molar-refractivity contribution is -0.134. The summed E-state index contributed by atoms with van der Waals surface area (Å²) in [6, 6.07) is 25.6. The third-order valence-corrected chi connectivity index (χ3v) is 6.57. The van der Waals surface area contributed by atoms with Crippen molar-refractivity contribution < 1.29 is 4.79 Å². The number of amides is 1. The first-order valence-electron chi connectivity index (χ1n) is 11.3. The Bertz CT molecular complexity index is 993. The van der Waals surface area contributed by atoms with Crippen LogP contribution >= 0.6 is 0 Å². The van der Waals surface area contributed by atoms with Crippen LogP contribution in [0.2, 0.25) is 0 Å². The zero-order valence-electron chi connectivity index (χ0n) is 17.9. The fourth-order valence-electron chi connectivity index (χ4n) is 4.89. The van der Waals surface area contributed by atoms with Gasteiger partial charge in [0.2, 0.25) is 5.91 Å². The van der Waals surface area contributed by atoms with Gasteiger partial charge in [0.05, 0.1) is 12.6 Å². The summed E-state index contributed by atoms with van der Waals surface area (Å²) in [4.78, 5) is 20.1. The lowest BCUT2D eigenvalue weighted by Crippen LogP contribution is -2.52. The van der Waals surface area contributed by atoms with E-state index in [1.54, 1.807) is 0 Å². The molecule has 160 valence electrons. The standard InChI is InChI=1S/C26H30N4O/c31-25(29-16-14-27(15-17-29)20-22-8-3-1-4-9-22)21-30-19-18-28-13-7-12-24(28)26(30)23-10-5-2-6-11-23/h1-13,26H,14-21H2. The van der Waals surface area contributed by atoms with E-state index in [1.165, 1.54) is 16.8 Å². The van der Waals surface area contributed by atoms with Gasteiger partial charge < -0.3 is 9.47 Å². The van der Waals surface area contributed by atoms with E-state index in [9.17, 15) is 4.79 Å². The van der Waals surface area contributed by atoms with Gasteiger partial charge in [0.1, 0.15) is 0 Å². The molecule has 1 amide bonds. The fourth-order valence-corrected chi connectivity index (χ4v) is 4.89. The van der Waals surface area contributed by atoms with E-state index in [0.29, 0.717) is 6.54 Å². The van der Waals surface area contributed by atoms with Gasteiger partial charge in [-0.3, -0.25) is 14.6 Å². The van der Waals surface area contributed by atoms with E-state index in [-0.39, 0.29) is 11.9 Å². The van der Waals surface area contributed by atoms with Gasteiger partial charge in [-0.15, -0.1) is 0 Å². The van der Waals surface area contributed by atoms with Crippen LogP contribution in [0.15, 0.2) is 79.0 Å².